The number of carboxylic acid groups (broad SMARTS) is 1. The van der Waals surface area contributed by atoms with Crippen molar-refractivity contribution in [3.05, 3.63) is 74.4 Å². The summed E-state index contributed by atoms with van der Waals surface area (Å²) in [5, 5.41) is 22.6. The number of rotatable bonds is 4. The number of aromatic nitrogens is 2. The van der Waals surface area contributed by atoms with Gasteiger partial charge in [0, 0.05) is 11.1 Å². The molecule has 34 heavy (non-hydrogen) atoms. The quantitative estimate of drug-likeness (QED) is 0.387. The van der Waals surface area contributed by atoms with Gasteiger partial charge in [0.2, 0.25) is 0 Å². The Bertz CT molecular complexity index is 1310. The number of hydrogen-bond acceptors (Lipinski definition) is 4. The second-order valence-electron chi connectivity index (χ2n) is 8.34. The van der Waals surface area contributed by atoms with E-state index in [2.05, 4.69) is 20.8 Å². The topological polar surface area (TPSA) is 127 Å². The van der Waals surface area contributed by atoms with Crippen LogP contribution in [0.2, 0.25) is 10.0 Å². The Balaban J connectivity index is 1.58. The van der Waals surface area contributed by atoms with Crippen LogP contribution in [0.25, 0.3) is 0 Å². The Morgan fingerprint density at radius 1 is 1.06 bits per heavy atom. The fraction of sp³-hybridized carbons (Fsp3) is 0.217. The van der Waals surface area contributed by atoms with Crippen molar-refractivity contribution in [2.75, 3.05) is 10.6 Å². The lowest BCUT2D eigenvalue weighted by Crippen LogP contribution is -2.43. The number of carboxylic acids is 1. The van der Waals surface area contributed by atoms with Gasteiger partial charge in [0.15, 0.2) is 5.82 Å². The van der Waals surface area contributed by atoms with E-state index in [1.165, 1.54) is 12.1 Å². The van der Waals surface area contributed by atoms with E-state index in [0.29, 0.717) is 32.6 Å². The molecule has 3 aromatic rings. The van der Waals surface area contributed by atoms with E-state index in [1.807, 2.05) is 13.8 Å². The van der Waals surface area contributed by atoms with Gasteiger partial charge in [0.05, 0.1) is 39.1 Å². The van der Waals surface area contributed by atoms with Crippen molar-refractivity contribution < 1.29 is 19.5 Å². The summed E-state index contributed by atoms with van der Waals surface area (Å²) in [6.45, 7) is 5.42. The third-order valence-electron chi connectivity index (χ3n) is 5.95. The fourth-order valence-corrected chi connectivity index (χ4v) is 4.52. The van der Waals surface area contributed by atoms with Gasteiger partial charge in [-0.3, -0.25) is 9.89 Å². The third kappa shape index (κ3) is 3.97. The molecular weight excluding hydrogens is 481 g/mol. The molecule has 3 amide bonds. The zero-order valence-corrected chi connectivity index (χ0v) is 20.0. The Morgan fingerprint density at radius 2 is 1.68 bits per heavy atom. The van der Waals surface area contributed by atoms with Crippen LogP contribution in [0.15, 0.2) is 36.4 Å². The molecule has 0 spiro atoms. The van der Waals surface area contributed by atoms with Crippen molar-refractivity contribution in [1.29, 1.82) is 0 Å². The first-order valence-corrected chi connectivity index (χ1v) is 11.0. The average molecular weight is 502 g/mol. The van der Waals surface area contributed by atoms with Crippen LogP contribution >= 0.6 is 23.2 Å². The molecule has 0 saturated carbocycles. The largest absolute Gasteiger partial charge is 0.478 e. The van der Waals surface area contributed by atoms with Crippen molar-refractivity contribution in [3.8, 4) is 0 Å². The zero-order chi connectivity index (χ0) is 24.8. The zero-order valence-electron chi connectivity index (χ0n) is 18.5. The molecule has 0 bridgehead atoms. The molecule has 11 heteroatoms. The summed E-state index contributed by atoms with van der Waals surface area (Å²) in [6, 6.07) is 8.99. The summed E-state index contributed by atoms with van der Waals surface area (Å²) in [7, 11) is 0. The molecule has 2 aromatic carbocycles. The van der Waals surface area contributed by atoms with Gasteiger partial charge in [-0.1, -0.05) is 35.3 Å². The van der Waals surface area contributed by atoms with Gasteiger partial charge in [-0.15, -0.1) is 0 Å². The first-order chi connectivity index (χ1) is 16.0. The number of hydrogen-bond donors (Lipinski definition) is 4. The van der Waals surface area contributed by atoms with Crippen molar-refractivity contribution in [3.63, 3.8) is 0 Å². The highest BCUT2D eigenvalue weighted by Crippen LogP contribution is 2.41. The Kier molecular flexibility index (Phi) is 6.01. The first kappa shape index (κ1) is 23.6. The highest BCUT2D eigenvalue weighted by Gasteiger charge is 2.44. The normalized spacial score (nSPS) is 14.0. The molecule has 4 rings (SSSR count). The van der Waals surface area contributed by atoms with E-state index in [0.717, 1.165) is 0 Å². The summed E-state index contributed by atoms with van der Waals surface area (Å²) in [4.78, 5) is 39.0. The van der Waals surface area contributed by atoms with E-state index in [9.17, 15) is 19.5 Å². The Labute approximate surface area is 205 Å². The van der Waals surface area contributed by atoms with Gasteiger partial charge in [-0.2, -0.15) is 5.10 Å². The number of halogens is 2. The molecule has 0 saturated heterocycles. The number of nitrogens with one attached hydrogen (secondary N) is 3. The smallest absolute Gasteiger partial charge is 0.335 e. The molecule has 0 aliphatic carbocycles. The Hall–Kier alpha value is -3.56. The predicted octanol–water partition coefficient (Wildman–Crippen LogP) is 5.26. The van der Waals surface area contributed by atoms with Crippen molar-refractivity contribution >= 4 is 52.6 Å². The number of amides is 3. The molecule has 1 aliphatic rings. The molecular formula is C23H21Cl2N5O4. The molecule has 1 aromatic heterocycles. The van der Waals surface area contributed by atoms with Crippen LogP contribution in [-0.2, 0) is 12.1 Å². The summed E-state index contributed by atoms with van der Waals surface area (Å²) in [5.74, 6) is -1.35. The SMILES string of the molecule is Cc1c(C(=O)O)cccc1C(=O)Nc1n[nH]c2c1CN(C(=O)Nc1c(Cl)cccc1Cl)C2(C)C. The minimum atomic E-state index is -1.12. The Morgan fingerprint density at radius 3 is 2.32 bits per heavy atom. The number of H-pyrrole nitrogens is 1. The van der Waals surface area contributed by atoms with Gasteiger partial charge in [-0.05, 0) is 50.6 Å². The lowest BCUT2D eigenvalue weighted by atomic mass is 10.0. The number of nitrogens with zero attached hydrogens (tertiary/aromatic N) is 2. The maximum atomic E-state index is 13.1. The number of para-hydroxylation sites is 1. The number of urea groups is 1. The fourth-order valence-electron chi connectivity index (χ4n) is 4.02. The number of aromatic amines is 1. The molecule has 0 radical (unpaired) electrons. The molecule has 0 fully saturated rings. The molecule has 4 N–H and O–H groups in total. The van der Waals surface area contributed by atoms with E-state index >= 15 is 0 Å². The number of carbonyl (C=O) groups excluding carboxylic acids is 2. The standard InChI is InChI=1S/C23H21Cl2N5O4/c1-11-12(6-4-7-13(11)21(32)33)20(31)27-19-14-10-30(23(2,3)18(14)28-29-19)22(34)26-17-15(24)8-5-9-16(17)25/h4-9H,10H2,1-3H3,(H,26,34)(H,32,33)(H2,27,28,29,31). The van der Waals surface area contributed by atoms with Gasteiger partial charge < -0.3 is 20.6 Å². The highest BCUT2D eigenvalue weighted by molar-refractivity contribution is 6.39. The number of benzene rings is 2. The van der Waals surface area contributed by atoms with Crippen LogP contribution in [0.3, 0.4) is 0 Å². The lowest BCUT2D eigenvalue weighted by Gasteiger charge is -2.32. The monoisotopic (exact) mass is 501 g/mol. The van der Waals surface area contributed by atoms with Crippen molar-refractivity contribution in [2.45, 2.75) is 32.9 Å². The van der Waals surface area contributed by atoms with E-state index in [1.54, 1.807) is 36.1 Å². The number of fused-ring (bicyclic) bond motifs is 1. The van der Waals surface area contributed by atoms with E-state index < -0.39 is 23.4 Å². The van der Waals surface area contributed by atoms with Gasteiger partial charge in [-0.25, -0.2) is 9.59 Å². The molecule has 9 nitrogen and oxygen atoms in total. The minimum absolute atomic E-state index is 0.0436. The number of aromatic carboxylic acids is 1. The summed E-state index contributed by atoms with van der Waals surface area (Å²) < 4.78 is 0. The van der Waals surface area contributed by atoms with Crippen LogP contribution in [-0.4, -0.2) is 38.1 Å². The van der Waals surface area contributed by atoms with Crippen LogP contribution in [0.5, 0.6) is 0 Å². The van der Waals surface area contributed by atoms with E-state index in [-0.39, 0.29) is 23.5 Å². The van der Waals surface area contributed by atoms with Crippen LogP contribution in [0.4, 0.5) is 16.3 Å². The van der Waals surface area contributed by atoms with Gasteiger partial charge >= 0.3 is 12.0 Å². The number of anilines is 2. The highest BCUT2D eigenvalue weighted by atomic mass is 35.5. The third-order valence-corrected chi connectivity index (χ3v) is 6.58. The molecule has 2 heterocycles. The molecule has 176 valence electrons. The van der Waals surface area contributed by atoms with Gasteiger partial charge in [0.1, 0.15) is 0 Å². The summed E-state index contributed by atoms with van der Waals surface area (Å²) in [6.07, 6.45) is 0. The van der Waals surface area contributed by atoms with E-state index in [4.69, 9.17) is 23.2 Å². The number of carbonyl (C=O) groups is 3. The molecule has 0 unspecified atom stereocenters. The van der Waals surface area contributed by atoms with Crippen LogP contribution < -0.4 is 10.6 Å². The summed E-state index contributed by atoms with van der Waals surface area (Å²) in [5.41, 5.74) is 1.45. The first-order valence-electron chi connectivity index (χ1n) is 10.3. The van der Waals surface area contributed by atoms with Crippen molar-refractivity contribution in [1.82, 2.24) is 15.1 Å². The predicted molar refractivity (Wildman–Crippen MR) is 129 cm³/mol. The van der Waals surface area contributed by atoms with Crippen LogP contribution in [0, 0.1) is 6.92 Å². The molecule has 1 aliphatic heterocycles. The second-order valence-corrected chi connectivity index (χ2v) is 9.15. The molecule has 0 atom stereocenters. The lowest BCUT2D eigenvalue weighted by molar-refractivity contribution is 0.0696. The van der Waals surface area contributed by atoms with Gasteiger partial charge in [0.25, 0.3) is 5.91 Å². The van der Waals surface area contributed by atoms with Crippen molar-refractivity contribution in [2.24, 2.45) is 0 Å². The maximum Gasteiger partial charge on any atom is 0.335 e. The second kappa shape index (κ2) is 8.66. The summed E-state index contributed by atoms with van der Waals surface area (Å²) >= 11 is 12.4. The average Bonchev–Trinajstić information content (AvgIpc) is 3.28. The minimum Gasteiger partial charge on any atom is -0.478 e. The maximum absolute atomic E-state index is 13.1. The van der Waals surface area contributed by atoms with Crippen LogP contribution in [0.1, 0.15) is 51.4 Å².